The predicted molar refractivity (Wildman–Crippen MR) is 123 cm³/mol. The fourth-order valence-electron chi connectivity index (χ4n) is 3.62. The van der Waals surface area contributed by atoms with Crippen molar-refractivity contribution in [1.82, 2.24) is 4.90 Å². The Balaban J connectivity index is 1.65. The molecule has 0 bridgehead atoms. The molecular formula is C24H31N3O3. The first kappa shape index (κ1) is 21.7. The molecule has 30 heavy (non-hydrogen) atoms. The monoisotopic (exact) mass is 409 g/mol. The number of piperazine rings is 1. The number of amides is 1. The third kappa shape index (κ3) is 5.33. The summed E-state index contributed by atoms with van der Waals surface area (Å²) < 4.78 is 10.6. The molecule has 2 aromatic carbocycles. The van der Waals surface area contributed by atoms with Crippen molar-refractivity contribution < 1.29 is 14.3 Å². The number of carbonyl (C=O) groups is 1. The molecule has 0 radical (unpaired) electrons. The average Bonchev–Trinajstić information content (AvgIpc) is 2.78. The highest BCUT2D eigenvalue weighted by Gasteiger charge is 2.16. The molecular weight excluding hydrogens is 378 g/mol. The van der Waals surface area contributed by atoms with Gasteiger partial charge in [-0.2, -0.15) is 0 Å². The minimum Gasteiger partial charge on any atom is -0.497 e. The van der Waals surface area contributed by atoms with Gasteiger partial charge in [0.15, 0.2) is 0 Å². The van der Waals surface area contributed by atoms with Gasteiger partial charge in [0.05, 0.1) is 14.2 Å². The Bertz CT molecular complexity index is 903. The van der Waals surface area contributed by atoms with E-state index in [9.17, 15) is 4.79 Å². The molecule has 0 saturated carbocycles. The van der Waals surface area contributed by atoms with E-state index in [1.165, 1.54) is 11.8 Å². The van der Waals surface area contributed by atoms with Crippen LogP contribution in [0.2, 0.25) is 0 Å². The molecule has 1 aliphatic heterocycles. The van der Waals surface area contributed by atoms with Crippen LogP contribution in [-0.2, 0) is 4.79 Å². The summed E-state index contributed by atoms with van der Waals surface area (Å²) in [7, 11) is 3.21. The first-order valence-electron chi connectivity index (χ1n) is 10.3. The maximum absolute atomic E-state index is 12.5. The molecule has 1 saturated heterocycles. The lowest BCUT2D eigenvalue weighted by atomic mass is 10.1. The van der Waals surface area contributed by atoms with Crippen LogP contribution in [0, 0.1) is 6.92 Å². The highest BCUT2D eigenvalue weighted by Crippen LogP contribution is 2.26. The topological polar surface area (TPSA) is 54.0 Å². The highest BCUT2D eigenvalue weighted by molar-refractivity contribution is 6.02. The SMILES string of the molecule is CCN1CCN(c2ccc(NC(=O)/C=C/c3cc(OC)ccc3OC)c(C)c2)CC1. The zero-order chi connectivity index (χ0) is 21.5. The number of aryl methyl sites for hydroxylation is 1. The number of likely N-dealkylation sites (N-methyl/N-ethyl adjacent to an activating group) is 1. The summed E-state index contributed by atoms with van der Waals surface area (Å²) in [6.07, 6.45) is 3.24. The lowest BCUT2D eigenvalue weighted by Gasteiger charge is -2.35. The Labute approximate surface area is 179 Å². The summed E-state index contributed by atoms with van der Waals surface area (Å²) >= 11 is 0. The van der Waals surface area contributed by atoms with E-state index in [0.717, 1.165) is 49.5 Å². The van der Waals surface area contributed by atoms with Crippen molar-refractivity contribution in [2.75, 3.05) is 57.2 Å². The summed E-state index contributed by atoms with van der Waals surface area (Å²) in [4.78, 5) is 17.3. The Hall–Kier alpha value is -2.99. The molecule has 0 aromatic heterocycles. The van der Waals surface area contributed by atoms with E-state index in [4.69, 9.17) is 9.47 Å². The van der Waals surface area contributed by atoms with E-state index in [0.29, 0.717) is 11.5 Å². The molecule has 1 heterocycles. The molecule has 3 rings (SSSR count). The van der Waals surface area contributed by atoms with Crippen LogP contribution in [0.3, 0.4) is 0 Å². The molecule has 0 atom stereocenters. The summed E-state index contributed by atoms with van der Waals surface area (Å²) in [5, 5.41) is 2.97. The van der Waals surface area contributed by atoms with Gasteiger partial charge in [0.25, 0.3) is 0 Å². The zero-order valence-electron chi connectivity index (χ0n) is 18.3. The highest BCUT2D eigenvalue weighted by atomic mass is 16.5. The summed E-state index contributed by atoms with van der Waals surface area (Å²) in [6, 6.07) is 11.7. The third-order valence-electron chi connectivity index (χ3n) is 5.50. The number of methoxy groups -OCH3 is 2. The first-order valence-corrected chi connectivity index (χ1v) is 10.3. The van der Waals surface area contributed by atoms with Crippen molar-refractivity contribution in [3.63, 3.8) is 0 Å². The van der Waals surface area contributed by atoms with Gasteiger partial charge in [0.1, 0.15) is 11.5 Å². The van der Waals surface area contributed by atoms with E-state index < -0.39 is 0 Å². The minimum absolute atomic E-state index is 0.188. The standard InChI is InChI=1S/C24H31N3O3/c1-5-26-12-14-27(15-13-26)20-7-9-22(18(2)16-20)25-24(28)11-6-19-17-21(29-3)8-10-23(19)30-4/h6-11,16-17H,5,12-15H2,1-4H3,(H,25,28)/b11-6+. The van der Waals surface area contributed by atoms with Crippen LogP contribution in [0.1, 0.15) is 18.1 Å². The van der Waals surface area contributed by atoms with E-state index in [-0.39, 0.29) is 5.91 Å². The molecule has 0 unspecified atom stereocenters. The second-order valence-electron chi connectivity index (χ2n) is 7.35. The average molecular weight is 410 g/mol. The van der Waals surface area contributed by atoms with Crippen molar-refractivity contribution in [3.8, 4) is 11.5 Å². The predicted octanol–water partition coefficient (Wildman–Crippen LogP) is 3.81. The van der Waals surface area contributed by atoms with Crippen LogP contribution in [0.15, 0.2) is 42.5 Å². The Kier molecular flexibility index (Phi) is 7.36. The van der Waals surface area contributed by atoms with Gasteiger partial charge in [0, 0.05) is 49.2 Å². The number of nitrogens with zero attached hydrogens (tertiary/aromatic N) is 2. The molecule has 1 amide bonds. The molecule has 0 spiro atoms. The molecule has 0 aliphatic carbocycles. The maximum atomic E-state index is 12.5. The van der Waals surface area contributed by atoms with Gasteiger partial charge in [0.2, 0.25) is 5.91 Å². The fourth-order valence-corrected chi connectivity index (χ4v) is 3.62. The van der Waals surface area contributed by atoms with Crippen molar-refractivity contribution >= 4 is 23.4 Å². The van der Waals surface area contributed by atoms with Crippen molar-refractivity contribution in [3.05, 3.63) is 53.6 Å². The quantitative estimate of drug-likeness (QED) is 0.705. The van der Waals surface area contributed by atoms with E-state index >= 15 is 0 Å². The van der Waals surface area contributed by atoms with Crippen molar-refractivity contribution in [2.24, 2.45) is 0 Å². The first-order chi connectivity index (χ1) is 14.5. The number of benzene rings is 2. The number of rotatable bonds is 7. The third-order valence-corrected chi connectivity index (χ3v) is 5.50. The van der Waals surface area contributed by atoms with Gasteiger partial charge >= 0.3 is 0 Å². The second-order valence-corrected chi connectivity index (χ2v) is 7.35. The number of hydrogen-bond donors (Lipinski definition) is 1. The number of carbonyl (C=O) groups excluding carboxylic acids is 1. The number of anilines is 2. The van der Waals surface area contributed by atoms with Crippen LogP contribution in [-0.4, -0.2) is 57.8 Å². The van der Waals surface area contributed by atoms with E-state index in [2.05, 4.69) is 34.2 Å². The number of ether oxygens (including phenoxy) is 2. The molecule has 1 aliphatic rings. The van der Waals surface area contributed by atoms with Gasteiger partial charge < -0.3 is 24.6 Å². The Morgan fingerprint density at radius 1 is 1.07 bits per heavy atom. The fraction of sp³-hybridized carbons (Fsp3) is 0.375. The lowest BCUT2D eigenvalue weighted by molar-refractivity contribution is -0.111. The Morgan fingerprint density at radius 3 is 2.47 bits per heavy atom. The summed E-state index contributed by atoms with van der Waals surface area (Å²) in [6.45, 7) is 9.58. The van der Waals surface area contributed by atoms with Gasteiger partial charge in [-0.3, -0.25) is 4.79 Å². The Morgan fingerprint density at radius 2 is 1.83 bits per heavy atom. The second kappa shape index (κ2) is 10.2. The van der Waals surface area contributed by atoms with Crippen molar-refractivity contribution in [2.45, 2.75) is 13.8 Å². The van der Waals surface area contributed by atoms with E-state index in [1.54, 1.807) is 20.3 Å². The molecule has 6 nitrogen and oxygen atoms in total. The lowest BCUT2D eigenvalue weighted by Crippen LogP contribution is -2.46. The summed E-state index contributed by atoms with van der Waals surface area (Å²) in [5.74, 6) is 1.21. The normalized spacial score (nSPS) is 14.7. The largest absolute Gasteiger partial charge is 0.497 e. The zero-order valence-corrected chi connectivity index (χ0v) is 18.3. The number of hydrogen-bond acceptors (Lipinski definition) is 5. The van der Waals surface area contributed by atoms with Gasteiger partial charge in [-0.1, -0.05) is 6.92 Å². The number of nitrogens with one attached hydrogen (secondary N) is 1. The van der Waals surface area contributed by atoms with Crippen LogP contribution in [0.5, 0.6) is 11.5 Å². The van der Waals surface area contributed by atoms with Gasteiger partial charge in [-0.25, -0.2) is 0 Å². The van der Waals surface area contributed by atoms with Crippen LogP contribution in [0.4, 0.5) is 11.4 Å². The minimum atomic E-state index is -0.188. The smallest absolute Gasteiger partial charge is 0.248 e. The molecule has 1 fully saturated rings. The molecule has 160 valence electrons. The van der Waals surface area contributed by atoms with E-state index in [1.807, 2.05) is 31.2 Å². The van der Waals surface area contributed by atoms with Gasteiger partial charge in [-0.15, -0.1) is 0 Å². The van der Waals surface area contributed by atoms with Crippen LogP contribution >= 0.6 is 0 Å². The summed E-state index contributed by atoms with van der Waals surface area (Å²) in [5.41, 5.74) is 3.85. The molecule has 1 N–H and O–H groups in total. The van der Waals surface area contributed by atoms with Crippen LogP contribution in [0.25, 0.3) is 6.08 Å². The van der Waals surface area contributed by atoms with Crippen molar-refractivity contribution in [1.29, 1.82) is 0 Å². The molecule has 2 aromatic rings. The van der Waals surface area contributed by atoms with Crippen LogP contribution < -0.4 is 19.7 Å². The molecule has 6 heteroatoms. The maximum Gasteiger partial charge on any atom is 0.248 e. The van der Waals surface area contributed by atoms with Gasteiger partial charge in [-0.05, 0) is 61.5 Å².